The Morgan fingerprint density at radius 1 is 1.27 bits per heavy atom. The summed E-state index contributed by atoms with van der Waals surface area (Å²) in [4.78, 5) is 14.6. The molecule has 3 fully saturated rings. The molecular weight excluding hydrogens is 384 g/mol. The van der Waals surface area contributed by atoms with Crippen LogP contribution in [-0.2, 0) is 20.8 Å². The lowest BCUT2D eigenvalue weighted by molar-refractivity contribution is -0.131. The summed E-state index contributed by atoms with van der Waals surface area (Å²) in [6.07, 6.45) is 5.79. The van der Waals surface area contributed by atoms with E-state index in [9.17, 15) is 4.79 Å². The average molecular weight is 419 g/mol. The Hall–Kier alpha value is -1.67. The molecule has 3 aliphatic heterocycles. The molecule has 1 spiro atoms. The van der Waals surface area contributed by atoms with E-state index < -0.39 is 0 Å². The fraction of sp³-hybridized carbons (Fsp3) is 0.696. The Balaban J connectivity index is 1.20. The first-order valence-corrected chi connectivity index (χ1v) is 11.3. The van der Waals surface area contributed by atoms with Gasteiger partial charge in [-0.2, -0.15) is 0 Å². The van der Waals surface area contributed by atoms with Crippen LogP contribution < -0.4 is 10.1 Å². The first-order valence-electron chi connectivity index (χ1n) is 11.3. The van der Waals surface area contributed by atoms with Gasteiger partial charge in [-0.25, -0.2) is 0 Å². The minimum absolute atomic E-state index is 0.0112. The van der Waals surface area contributed by atoms with E-state index in [0.717, 1.165) is 63.9 Å². The van der Waals surface area contributed by atoms with Crippen LogP contribution in [-0.4, -0.2) is 73.2 Å². The molecule has 0 radical (unpaired) electrons. The molecule has 1 aromatic rings. The molecular formula is C23H34N2O5. The molecule has 7 heteroatoms. The lowest BCUT2D eigenvalue weighted by Gasteiger charge is -2.39. The van der Waals surface area contributed by atoms with Crippen molar-refractivity contribution in [3.8, 4) is 5.75 Å². The number of aliphatic hydroxyl groups is 1. The number of carbonyl (C=O) groups excluding carboxylic acids is 1. The van der Waals surface area contributed by atoms with Gasteiger partial charge >= 0.3 is 0 Å². The van der Waals surface area contributed by atoms with Crippen LogP contribution in [0.15, 0.2) is 24.3 Å². The van der Waals surface area contributed by atoms with Gasteiger partial charge in [0.1, 0.15) is 18.5 Å². The molecule has 0 saturated carbocycles. The molecule has 0 aliphatic carbocycles. The summed E-state index contributed by atoms with van der Waals surface area (Å²) in [5, 5.41) is 11.9. The highest BCUT2D eigenvalue weighted by molar-refractivity contribution is 5.80. The lowest BCUT2D eigenvalue weighted by Crippen LogP contribution is -2.45. The molecule has 0 aromatic heterocycles. The normalized spacial score (nSPS) is 26.2. The van der Waals surface area contributed by atoms with E-state index >= 15 is 0 Å². The number of ether oxygens (including phenoxy) is 3. The summed E-state index contributed by atoms with van der Waals surface area (Å²) >= 11 is 0. The second-order valence-electron chi connectivity index (χ2n) is 8.70. The van der Waals surface area contributed by atoms with Crippen molar-refractivity contribution in [3.63, 3.8) is 0 Å². The van der Waals surface area contributed by atoms with Crippen LogP contribution in [0.3, 0.4) is 0 Å². The van der Waals surface area contributed by atoms with Gasteiger partial charge in [0.25, 0.3) is 0 Å². The van der Waals surface area contributed by atoms with Crippen LogP contribution in [0, 0.1) is 0 Å². The van der Waals surface area contributed by atoms with Crippen LogP contribution in [0.4, 0.5) is 0 Å². The zero-order valence-corrected chi connectivity index (χ0v) is 17.7. The minimum Gasteiger partial charge on any atom is -0.491 e. The number of likely N-dealkylation sites (tertiary alicyclic amines) is 1. The summed E-state index contributed by atoms with van der Waals surface area (Å²) in [6, 6.07) is 8.10. The third-order valence-corrected chi connectivity index (χ3v) is 6.50. The number of amides is 1. The van der Waals surface area contributed by atoms with Crippen LogP contribution in [0.5, 0.6) is 5.75 Å². The van der Waals surface area contributed by atoms with Crippen molar-refractivity contribution < 1.29 is 24.1 Å². The number of carbonyl (C=O) groups is 1. The van der Waals surface area contributed by atoms with Gasteiger partial charge in [0.05, 0.1) is 18.3 Å². The number of nitrogens with zero attached hydrogens (tertiary/aromatic N) is 1. The van der Waals surface area contributed by atoms with Crippen molar-refractivity contribution in [3.05, 3.63) is 29.8 Å². The molecule has 1 aromatic carbocycles. The summed E-state index contributed by atoms with van der Waals surface area (Å²) < 4.78 is 17.4. The number of benzene rings is 1. The molecule has 7 nitrogen and oxygen atoms in total. The van der Waals surface area contributed by atoms with Crippen LogP contribution in [0.2, 0.25) is 0 Å². The van der Waals surface area contributed by atoms with E-state index in [1.807, 2.05) is 12.1 Å². The molecule has 1 amide bonds. The van der Waals surface area contributed by atoms with Crippen molar-refractivity contribution in [2.75, 3.05) is 39.5 Å². The maximum absolute atomic E-state index is 12.1. The van der Waals surface area contributed by atoms with Gasteiger partial charge in [0.15, 0.2) is 0 Å². The van der Waals surface area contributed by atoms with Gasteiger partial charge in [-0.3, -0.25) is 9.69 Å². The first kappa shape index (κ1) is 21.6. The van der Waals surface area contributed by atoms with Gasteiger partial charge in [-0.1, -0.05) is 12.1 Å². The van der Waals surface area contributed by atoms with E-state index in [4.69, 9.17) is 19.3 Å². The number of hydrogen-bond donors (Lipinski definition) is 2. The Kier molecular flexibility index (Phi) is 7.25. The van der Waals surface area contributed by atoms with Gasteiger partial charge in [0.2, 0.25) is 5.91 Å². The Bertz CT molecular complexity index is 699. The zero-order valence-electron chi connectivity index (χ0n) is 17.7. The molecule has 4 rings (SSSR count). The number of aliphatic hydroxyl groups excluding tert-OH is 1. The van der Waals surface area contributed by atoms with Crippen molar-refractivity contribution >= 4 is 5.91 Å². The predicted molar refractivity (Wildman–Crippen MR) is 112 cm³/mol. The molecule has 166 valence electrons. The van der Waals surface area contributed by atoms with Crippen molar-refractivity contribution in [1.82, 2.24) is 10.2 Å². The molecule has 2 atom stereocenters. The Morgan fingerprint density at radius 2 is 2.13 bits per heavy atom. The van der Waals surface area contributed by atoms with Crippen molar-refractivity contribution in [2.45, 2.75) is 62.9 Å². The fourth-order valence-corrected chi connectivity index (χ4v) is 4.79. The van der Waals surface area contributed by atoms with Crippen molar-refractivity contribution in [1.29, 1.82) is 0 Å². The smallest absolute Gasteiger partial charge is 0.249 e. The molecule has 3 saturated heterocycles. The van der Waals surface area contributed by atoms with E-state index in [2.05, 4.69) is 22.3 Å². The van der Waals surface area contributed by atoms with Gasteiger partial charge in [-0.15, -0.1) is 0 Å². The van der Waals surface area contributed by atoms with Gasteiger partial charge in [-0.05, 0) is 56.2 Å². The maximum Gasteiger partial charge on any atom is 0.249 e. The van der Waals surface area contributed by atoms with Crippen LogP contribution in [0.1, 0.15) is 44.1 Å². The highest BCUT2D eigenvalue weighted by atomic mass is 16.5. The van der Waals surface area contributed by atoms with Gasteiger partial charge < -0.3 is 24.6 Å². The monoisotopic (exact) mass is 418 g/mol. The second-order valence-corrected chi connectivity index (χ2v) is 8.70. The Morgan fingerprint density at radius 3 is 2.90 bits per heavy atom. The molecule has 2 N–H and O–H groups in total. The predicted octanol–water partition coefficient (Wildman–Crippen LogP) is 1.87. The molecule has 0 bridgehead atoms. The fourth-order valence-electron chi connectivity index (χ4n) is 4.79. The van der Waals surface area contributed by atoms with Gasteiger partial charge in [0, 0.05) is 32.8 Å². The first-order chi connectivity index (χ1) is 14.7. The largest absolute Gasteiger partial charge is 0.491 e. The van der Waals surface area contributed by atoms with E-state index in [0.29, 0.717) is 19.8 Å². The summed E-state index contributed by atoms with van der Waals surface area (Å²) in [7, 11) is 0. The topological polar surface area (TPSA) is 80.3 Å². The Labute approximate surface area is 178 Å². The maximum atomic E-state index is 12.1. The zero-order chi connectivity index (χ0) is 20.8. The van der Waals surface area contributed by atoms with E-state index in [1.165, 1.54) is 5.56 Å². The summed E-state index contributed by atoms with van der Waals surface area (Å²) in [5.74, 6) is 0.819. The van der Waals surface area contributed by atoms with Crippen LogP contribution >= 0.6 is 0 Å². The standard InChI is InChI=1S/C23H34N2O5/c26-12-14-28-19-4-1-3-18(15-19)17-25-10-8-23(9-11-25)7-6-20(30-23)16-24-22(27)21-5-2-13-29-21/h1,3-4,15,20-21,26H,2,5-14,16-17H2,(H,24,27)/t20-,21+/m0/s1. The minimum atomic E-state index is -0.267. The highest BCUT2D eigenvalue weighted by Gasteiger charge is 2.42. The quantitative estimate of drug-likeness (QED) is 0.671. The molecule has 3 aliphatic rings. The molecule has 3 heterocycles. The second kappa shape index (κ2) is 10.1. The summed E-state index contributed by atoms with van der Waals surface area (Å²) in [5.41, 5.74) is 1.20. The van der Waals surface area contributed by atoms with Crippen molar-refractivity contribution in [2.24, 2.45) is 0 Å². The third-order valence-electron chi connectivity index (χ3n) is 6.50. The number of piperidine rings is 1. The highest BCUT2D eigenvalue weighted by Crippen LogP contribution is 2.39. The number of rotatable bonds is 8. The van der Waals surface area contributed by atoms with E-state index in [1.54, 1.807) is 0 Å². The third kappa shape index (κ3) is 5.52. The molecule has 30 heavy (non-hydrogen) atoms. The van der Waals surface area contributed by atoms with Crippen LogP contribution in [0.25, 0.3) is 0 Å². The SMILES string of the molecule is O=C(NC[C@@H]1CCC2(CCN(Cc3cccc(OCCO)c3)CC2)O1)[C@H]1CCCO1. The number of hydrogen-bond acceptors (Lipinski definition) is 6. The van der Waals surface area contributed by atoms with E-state index in [-0.39, 0.29) is 30.3 Å². The average Bonchev–Trinajstić information content (AvgIpc) is 3.44. The summed E-state index contributed by atoms with van der Waals surface area (Å²) in [6.45, 7) is 4.54. The molecule has 0 unspecified atom stereocenters. The lowest BCUT2D eigenvalue weighted by atomic mass is 9.88. The number of nitrogens with one attached hydrogen (secondary N) is 1.